The zero-order chi connectivity index (χ0) is 16.2. The minimum atomic E-state index is -0.493. The standard InChI is InChI=1S/C17H15N3O3/c18-17(22)12-5-3-4-11(8-12)10-19-16(21)9-14-13-6-1-2-7-15(13)23-20-14/h1-8H,9-10H2,(H2,18,22)(H,19,21). The number of carbonyl (C=O) groups is 2. The normalized spacial score (nSPS) is 10.6. The van der Waals surface area contributed by atoms with E-state index < -0.39 is 5.91 Å². The van der Waals surface area contributed by atoms with Crippen LogP contribution in [0, 0.1) is 0 Å². The van der Waals surface area contributed by atoms with Crippen LogP contribution in [-0.4, -0.2) is 17.0 Å². The van der Waals surface area contributed by atoms with E-state index in [9.17, 15) is 9.59 Å². The number of carbonyl (C=O) groups excluding carboxylic acids is 2. The second-order valence-electron chi connectivity index (χ2n) is 5.14. The summed E-state index contributed by atoms with van der Waals surface area (Å²) in [5.41, 5.74) is 7.72. The van der Waals surface area contributed by atoms with Gasteiger partial charge in [-0.25, -0.2) is 0 Å². The number of benzene rings is 2. The largest absolute Gasteiger partial charge is 0.366 e. The minimum absolute atomic E-state index is 0.131. The molecule has 6 heteroatoms. The molecule has 0 aliphatic rings. The topological polar surface area (TPSA) is 98.2 Å². The van der Waals surface area contributed by atoms with E-state index in [1.54, 1.807) is 24.3 Å². The number of nitrogens with two attached hydrogens (primary N) is 1. The van der Waals surface area contributed by atoms with E-state index in [1.165, 1.54) is 0 Å². The molecular formula is C17H15N3O3. The number of hydrogen-bond donors (Lipinski definition) is 2. The Bertz CT molecular complexity index is 870. The Kier molecular flexibility index (Phi) is 4.05. The summed E-state index contributed by atoms with van der Waals surface area (Å²) < 4.78 is 5.17. The summed E-state index contributed by atoms with van der Waals surface area (Å²) in [6, 6.07) is 14.2. The summed E-state index contributed by atoms with van der Waals surface area (Å²) in [4.78, 5) is 23.2. The molecule has 23 heavy (non-hydrogen) atoms. The molecule has 0 aliphatic carbocycles. The number of fused-ring (bicyclic) bond motifs is 1. The van der Waals surface area contributed by atoms with Gasteiger partial charge in [0.05, 0.1) is 6.42 Å². The third kappa shape index (κ3) is 3.37. The van der Waals surface area contributed by atoms with Crippen molar-refractivity contribution in [1.82, 2.24) is 10.5 Å². The van der Waals surface area contributed by atoms with Gasteiger partial charge in [0.2, 0.25) is 11.8 Å². The lowest BCUT2D eigenvalue weighted by Crippen LogP contribution is -2.25. The van der Waals surface area contributed by atoms with Gasteiger partial charge in [0.25, 0.3) is 0 Å². The van der Waals surface area contributed by atoms with Crippen molar-refractivity contribution in [2.24, 2.45) is 5.73 Å². The van der Waals surface area contributed by atoms with Crippen LogP contribution in [-0.2, 0) is 17.8 Å². The van der Waals surface area contributed by atoms with Crippen LogP contribution >= 0.6 is 0 Å². The maximum Gasteiger partial charge on any atom is 0.248 e. The molecule has 0 unspecified atom stereocenters. The van der Waals surface area contributed by atoms with Gasteiger partial charge < -0.3 is 15.6 Å². The molecule has 2 aromatic carbocycles. The predicted octanol–water partition coefficient (Wildman–Crippen LogP) is 1.79. The molecule has 0 saturated heterocycles. The molecule has 1 heterocycles. The summed E-state index contributed by atoms with van der Waals surface area (Å²) in [5, 5.41) is 7.56. The van der Waals surface area contributed by atoms with Gasteiger partial charge in [0, 0.05) is 17.5 Å². The predicted molar refractivity (Wildman–Crippen MR) is 84.5 cm³/mol. The van der Waals surface area contributed by atoms with Gasteiger partial charge >= 0.3 is 0 Å². The lowest BCUT2D eigenvalue weighted by Gasteiger charge is -2.05. The van der Waals surface area contributed by atoms with Crippen molar-refractivity contribution in [2.75, 3.05) is 0 Å². The van der Waals surface area contributed by atoms with Crippen molar-refractivity contribution >= 4 is 22.8 Å². The van der Waals surface area contributed by atoms with Crippen LogP contribution in [0.5, 0.6) is 0 Å². The molecule has 1 aromatic heterocycles. The Morgan fingerprint density at radius 2 is 1.96 bits per heavy atom. The third-order valence-electron chi connectivity index (χ3n) is 3.48. The molecule has 0 bridgehead atoms. The second kappa shape index (κ2) is 6.31. The number of para-hydroxylation sites is 1. The lowest BCUT2D eigenvalue weighted by atomic mass is 10.1. The molecule has 3 N–H and O–H groups in total. The van der Waals surface area contributed by atoms with Gasteiger partial charge in [-0.3, -0.25) is 9.59 Å². The van der Waals surface area contributed by atoms with Gasteiger partial charge in [0.1, 0.15) is 5.69 Å². The van der Waals surface area contributed by atoms with Gasteiger partial charge in [-0.1, -0.05) is 29.4 Å². The minimum Gasteiger partial charge on any atom is -0.366 e. The quantitative estimate of drug-likeness (QED) is 0.750. The van der Waals surface area contributed by atoms with Crippen LogP contribution < -0.4 is 11.1 Å². The fraction of sp³-hybridized carbons (Fsp3) is 0.118. The van der Waals surface area contributed by atoms with E-state index in [0.29, 0.717) is 23.4 Å². The summed E-state index contributed by atoms with van der Waals surface area (Å²) in [5.74, 6) is -0.666. The Morgan fingerprint density at radius 1 is 1.13 bits per heavy atom. The van der Waals surface area contributed by atoms with Gasteiger partial charge in [-0.15, -0.1) is 0 Å². The van der Waals surface area contributed by atoms with Crippen LogP contribution in [0.2, 0.25) is 0 Å². The molecule has 0 saturated carbocycles. The fourth-order valence-corrected chi connectivity index (χ4v) is 2.32. The first kappa shape index (κ1) is 14.8. The van der Waals surface area contributed by atoms with Crippen LogP contribution in [0.15, 0.2) is 53.1 Å². The van der Waals surface area contributed by atoms with E-state index >= 15 is 0 Å². The highest BCUT2D eigenvalue weighted by molar-refractivity contribution is 5.93. The van der Waals surface area contributed by atoms with Crippen molar-refractivity contribution in [3.63, 3.8) is 0 Å². The van der Waals surface area contributed by atoms with E-state index in [-0.39, 0.29) is 12.3 Å². The zero-order valence-electron chi connectivity index (χ0n) is 12.3. The van der Waals surface area contributed by atoms with Crippen molar-refractivity contribution in [3.05, 3.63) is 65.4 Å². The summed E-state index contributed by atoms with van der Waals surface area (Å²) in [6.45, 7) is 0.315. The average molecular weight is 309 g/mol. The van der Waals surface area contributed by atoms with E-state index in [0.717, 1.165) is 10.9 Å². The highest BCUT2D eigenvalue weighted by Gasteiger charge is 2.12. The van der Waals surface area contributed by atoms with Crippen molar-refractivity contribution in [2.45, 2.75) is 13.0 Å². The highest BCUT2D eigenvalue weighted by atomic mass is 16.5. The SMILES string of the molecule is NC(=O)c1cccc(CNC(=O)Cc2noc3ccccc23)c1. The maximum atomic E-state index is 12.1. The van der Waals surface area contributed by atoms with E-state index in [4.69, 9.17) is 10.3 Å². The van der Waals surface area contributed by atoms with E-state index in [2.05, 4.69) is 10.5 Å². The number of hydrogen-bond acceptors (Lipinski definition) is 4. The van der Waals surface area contributed by atoms with Crippen molar-refractivity contribution in [3.8, 4) is 0 Å². The molecule has 6 nitrogen and oxygen atoms in total. The number of amides is 2. The van der Waals surface area contributed by atoms with Crippen molar-refractivity contribution in [1.29, 1.82) is 0 Å². The Labute approximate surface area is 132 Å². The van der Waals surface area contributed by atoms with Gasteiger partial charge in [0.15, 0.2) is 5.58 Å². The Morgan fingerprint density at radius 3 is 2.78 bits per heavy atom. The smallest absolute Gasteiger partial charge is 0.248 e. The highest BCUT2D eigenvalue weighted by Crippen LogP contribution is 2.18. The lowest BCUT2D eigenvalue weighted by molar-refractivity contribution is -0.120. The third-order valence-corrected chi connectivity index (χ3v) is 3.48. The molecule has 0 atom stereocenters. The molecule has 3 aromatic rings. The average Bonchev–Trinajstić information content (AvgIpc) is 2.96. The molecule has 3 rings (SSSR count). The molecule has 116 valence electrons. The molecule has 0 spiro atoms. The summed E-state index contributed by atoms with van der Waals surface area (Å²) in [6.07, 6.45) is 0.131. The van der Waals surface area contributed by atoms with E-state index in [1.807, 2.05) is 24.3 Å². The number of nitrogens with zero attached hydrogens (tertiary/aromatic N) is 1. The number of nitrogens with one attached hydrogen (secondary N) is 1. The van der Waals surface area contributed by atoms with Crippen LogP contribution in [0.1, 0.15) is 21.6 Å². The van der Waals surface area contributed by atoms with Gasteiger partial charge in [-0.2, -0.15) is 0 Å². The first-order valence-electron chi connectivity index (χ1n) is 7.12. The molecule has 2 amide bonds. The number of aromatic nitrogens is 1. The van der Waals surface area contributed by atoms with Gasteiger partial charge in [-0.05, 0) is 29.8 Å². The first-order chi connectivity index (χ1) is 11.1. The molecule has 0 aliphatic heterocycles. The number of rotatable bonds is 5. The zero-order valence-corrected chi connectivity index (χ0v) is 12.3. The summed E-state index contributed by atoms with van der Waals surface area (Å²) in [7, 11) is 0. The molecule has 0 fully saturated rings. The second-order valence-corrected chi connectivity index (χ2v) is 5.14. The Hall–Kier alpha value is -3.15. The molecular weight excluding hydrogens is 294 g/mol. The van der Waals surface area contributed by atoms with Crippen molar-refractivity contribution < 1.29 is 14.1 Å². The summed E-state index contributed by atoms with van der Waals surface area (Å²) >= 11 is 0. The maximum absolute atomic E-state index is 12.1. The monoisotopic (exact) mass is 309 g/mol. The van der Waals surface area contributed by atoms with Crippen LogP contribution in [0.25, 0.3) is 11.0 Å². The van der Waals surface area contributed by atoms with Crippen LogP contribution in [0.3, 0.4) is 0 Å². The number of primary amides is 1. The van der Waals surface area contributed by atoms with Crippen LogP contribution in [0.4, 0.5) is 0 Å². The Balaban J connectivity index is 1.64. The fourth-order valence-electron chi connectivity index (χ4n) is 2.32. The molecule has 0 radical (unpaired) electrons. The first-order valence-corrected chi connectivity index (χ1v) is 7.12.